The summed E-state index contributed by atoms with van der Waals surface area (Å²) in [6.45, 7) is 0.850. The summed E-state index contributed by atoms with van der Waals surface area (Å²) in [5.74, 6) is 0.863. The minimum atomic E-state index is 0.850. The second-order valence-corrected chi connectivity index (χ2v) is 6.21. The van der Waals surface area contributed by atoms with E-state index in [1.807, 2.05) is 29.6 Å². The van der Waals surface area contributed by atoms with E-state index >= 15 is 0 Å². The first-order valence-corrected chi connectivity index (χ1v) is 8.33. The molecule has 4 nitrogen and oxygen atoms in total. The molecular weight excluding hydrogens is 302 g/mol. The van der Waals surface area contributed by atoms with Crippen molar-refractivity contribution in [3.8, 4) is 17.0 Å². The molecule has 21 heavy (non-hydrogen) atoms. The normalized spacial score (nSPS) is 10.5. The summed E-state index contributed by atoms with van der Waals surface area (Å²) >= 11 is 3.30. The fraction of sp³-hybridized carbons (Fsp3) is 0.200. The van der Waals surface area contributed by atoms with Crippen LogP contribution in [0.5, 0.6) is 5.75 Å². The number of benzene rings is 1. The Hall–Kier alpha value is -1.92. The van der Waals surface area contributed by atoms with Crippen LogP contribution in [0.4, 0.5) is 5.13 Å². The zero-order valence-corrected chi connectivity index (χ0v) is 13.2. The molecule has 0 spiro atoms. The predicted molar refractivity (Wildman–Crippen MR) is 88.4 cm³/mol. The fourth-order valence-corrected chi connectivity index (χ4v) is 3.27. The topological polar surface area (TPSA) is 47.0 Å². The van der Waals surface area contributed by atoms with Gasteiger partial charge in [-0.3, -0.25) is 0 Å². The first-order valence-electron chi connectivity index (χ1n) is 6.57. The number of thiazole rings is 2. The average Bonchev–Trinajstić information content (AvgIpc) is 3.19. The van der Waals surface area contributed by atoms with Gasteiger partial charge >= 0.3 is 0 Å². The van der Waals surface area contributed by atoms with E-state index in [-0.39, 0.29) is 0 Å². The van der Waals surface area contributed by atoms with E-state index in [4.69, 9.17) is 4.74 Å². The Morgan fingerprint density at radius 1 is 1.19 bits per heavy atom. The van der Waals surface area contributed by atoms with E-state index in [1.165, 1.54) is 0 Å². The summed E-state index contributed by atoms with van der Waals surface area (Å²) in [7, 11) is 1.67. The number of anilines is 1. The number of nitrogens with one attached hydrogen (secondary N) is 1. The zero-order valence-electron chi connectivity index (χ0n) is 11.6. The molecule has 3 rings (SSSR count). The van der Waals surface area contributed by atoms with Crippen LogP contribution in [0, 0.1) is 0 Å². The number of hydrogen-bond donors (Lipinski definition) is 1. The number of rotatable bonds is 6. The van der Waals surface area contributed by atoms with Crippen molar-refractivity contribution < 1.29 is 4.74 Å². The van der Waals surface area contributed by atoms with Gasteiger partial charge in [0.2, 0.25) is 0 Å². The fourth-order valence-electron chi connectivity index (χ4n) is 1.91. The number of hydrogen-bond acceptors (Lipinski definition) is 6. The second kappa shape index (κ2) is 6.69. The Balaban J connectivity index is 1.60. The van der Waals surface area contributed by atoms with E-state index in [0.29, 0.717) is 0 Å². The molecule has 1 aromatic carbocycles. The van der Waals surface area contributed by atoms with Gasteiger partial charge in [-0.2, -0.15) is 0 Å². The van der Waals surface area contributed by atoms with Crippen LogP contribution in [0.25, 0.3) is 11.3 Å². The molecule has 0 saturated carbocycles. The predicted octanol–water partition coefficient (Wildman–Crippen LogP) is 3.93. The van der Waals surface area contributed by atoms with Gasteiger partial charge in [-0.25, -0.2) is 9.97 Å². The largest absolute Gasteiger partial charge is 0.497 e. The Labute approximate surface area is 131 Å². The molecule has 0 aliphatic carbocycles. The third-order valence-corrected chi connectivity index (χ3v) is 4.62. The van der Waals surface area contributed by atoms with Crippen LogP contribution in [-0.4, -0.2) is 23.6 Å². The highest BCUT2D eigenvalue weighted by Gasteiger charge is 2.05. The van der Waals surface area contributed by atoms with Crippen molar-refractivity contribution in [2.75, 3.05) is 19.0 Å². The molecule has 2 heterocycles. The molecule has 2 aromatic heterocycles. The molecule has 0 aliphatic heterocycles. The molecule has 0 bridgehead atoms. The highest BCUT2D eigenvalue weighted by atomic mass is 32.1. The third kappa shape index (κ3) is 3.59. The van der Waals surface area contributed by atoms with Crippen molar-refractivity contribution in [1.82, 2.24) is 9.97 Å². The van der Waals surface area contributed by atoms with E-state index in [1.54, 1.807) is 36.0 Å². The maximum Gasteiger partial charge on any atom is 0.182 e. The minimum absolute atomic E-state index is 0.850. The molecule has 108 valence electrons. The summed E-state index contributed by atoms with van der Waals surface area (Å²) in [5.41, 5.74) is 2.14. The summed E-state index contributed by atoms with van der Waals surface area (Å²) < 4.78 is 5.17. The number of methoxy groups -OCH3 is 1. The maximum atomic E-state index is 5.17. The van der Waals surface area contributed by atoms with Crippen molar-refractivity contribution in [3.63, 3.8) is 0 Å². The monoisotopic (exact) mass is 317 g/mol. The van der Waals surface area contributed by atoms with Gasteiger partial charge in [-0.15, -0.1) is 22.7 Å². The summed E-state index contributed by atoms with van der Waals surface area (Å²) in [6.07, 6.45) is 2.71. The highest BCUT2D eigenvalue weighted by Crippen LogP contribution is 2.24. The van der Waals surface area contributed by atoms with Crippen LogP contribution >= 0.6 is 22.7 Å². The summed E-state index contributed by atoms with van der Waals surface area (Å²) in [5, 5.41) is 9.45. The Kier molecular flexibility index (Phi) is 4.47. The van der Waals surface area contributed by atoms with E-state index in [0.717, 1.165) is 40.1 Å². The van der Waals surface area contributed by atoms with Crippen LogP contribution in [-0.2, 0) is 6.42 Å². The molecule has 0 aliphatic rings. The highest BCUT2D eigenvalue weighted by molar-refractivity contribution is 7.13. The molecule has 0 saturated heterocycles. The number of nitrogens with zero attached hydrogens (tertiary/aromatic N) is 2. The maximum absolute atomic E-state index is 5.17. The van der Waals surface area contributed by atoms with Gasteiger partial charge in [0, 0.05) is 35.5 Å². The standard InChI is InChI=1S/C15H15N3OS2/c1-19-12-4-2-11(3-5-12)13-10-21-14(18-13)6-7-16-15-17-8-9-20-15/h2-5,8-10H,6-7H2,1H3,(H,16,17). The molecule has 0 unspecified atom stereocenters. The molecule has 0 fully saturated rings. The van der Waals surface area contributed by atoms with Gasteiger partial charge in [0.05, 0.1) is 17.8 Å². The van der Waals surface area contributed by atoms with Crippen LogP contribution in [0.15, 0.2) is 41.2 Å². The lowest BCUT2D eigenvalue weighted by atomic mass is 10.2. The lowest BCUT2D eigenvalue weighted by Gasteiger charge is -2.01. The summed E-state index contributed by atoms with van der Waals surface area (Å²) in [6, 6.07) is 7.98. The van der Waals surface area contributed by atoms with E-state index < -0.39 is 0 Å². The van der Waals surface area contributed by atoms with Crippen molar-refractivity contribution in [1.29, 1.82) is 0 Å². The van der Waals surface area contributed by atoms with Gasteiger partial charge in [0.1, 0.15) is 5.75 Å². The minimum Gasteiger partial charge on any atom is -0.497 e. The lowest BCUT2D eigenvalue weighted by Crippen LogP contribution is -2.04. The molecule has 0 atom stereocenters. The van der Waals surface area contributed by atoms with Gasteiger partial charge in [-0.1, -0.05) is 0 Å². The smallest absolute Gasteiger partial charge is 0.182 e. The second-order valence-electron chi connectivity index (χ2n) is 4.37. The number of aromatic nitrogens is 2. The van der Waals surface area contributed by atoms with Crippen molar-refractivity contribution in [2.45, 2.75) is 6.42 Å². The van der Waals surface area contributed by atoms with Gasteiger partial charge in [0.25, 0.3) is 0 Å². The van der Waals surface area contributed by atoms with Crippen LogP contribution < -0.4 is 10.1 Å². The van der Waals surface area contributed by atoms with Gasteiger partial charge < -0.3 is 10.1 Å². The van der Waals surface area contributed by atoms with Gasteiger partial charge in [0.15, 0.2) is 5.13 Å². The first kappa shape index (κ1) is 14.0. The average molecular weight is 317 g/mol. The number of ether oxygens (including phenoxy) is 1. The van der Waals surface area contributed by atoms with Crippen molar-refractivity contribution >= 4 is 27.8 Å². The van der Waals surface area contributed by atoms with E-state index in [2.05, 4.69) is 20.7 Å². The molecular formula is C15H15N3OS2. The molecule has 1 N–H and O–H groups in total. The zero-order chi connectivity index (χ0) is 14.5. The lowest BCUT2D eigenvalue weighted by molar-refractivity contribution is 0.415. The van der Waals surface area contributed by atoms with Crippen molar-refractivity contribution in [3.05, 3.63) is 46.2 Å². The van der Waals surface area contributed by atoms with E-state index in [9.17, 15) is 0 Å². The van der Waals surface area contributed by atoms with Crippen LogP contribution in [0.2, 0.25) is 0 Å². The van der Waals surface area contributed by atoms with Crippen LogP contribution in [0.1, 0.15) is 5.01 Å². The molecule has 6 heteroatoms. The first-order chi connectivity index (χ1) is 10.3. The Bertz CT molecular complexity index is 677. The molecule has 0 radical (unpaired) electrons. The molecule has 3 aromatic rings. The quantitative estimate of drug-likeness (QED) is 0.748. The third-order valence-electron chi connectivity index (χ3n) is 2.98. The van der Waals surface area contributed by atoms with Crippen molar-refractivity contribution in [2.24, 2.45) is 0 Å². The van der Waals surface area contributed by atoms with Gasteiger partial charge in [-0.05, 0) is 24.3 Å². The van der Waals surface area contributed by atoms with Crippen LogP contribution in [0.3, 0.4) is 0 Å². The Morgan fingerprint density at radius 2 is 2.05 bits per heavy atom. The summed E-state index contributed by atoms with van der Waals surface area (Å²) in [4.78, 5) is 8.87. The SMILES string of the molecule is COc1ccc(-c2csc(CCNc3nccs3)n2)cc1. The Morgan fingerprint density at radius 3 is 2.76 bits per heavy atom. The molecule has 0 amide bonds.